The number of amides is 2. The largest absolute Gasteiger partial charge is 0.380 e. The second kappa shape index (κ2) is 11.8. The number of alkyl halides is 2. The van der Waals surface area contributed by atoms with E-state index in [1.165, 1.54) is 16.7 Å². The molecule has 3 heterocycles. The molecule has 0 bridgehead atoms. The predicted octanol–water partition coefficient (Wildman–Crippen LogP) is 6.86. The number of carbonyl (C=O) groups is 2. The fourth-order valence-corrected chi connectivity index (χ4v) is 8.98. The molecule has 4 atom stereocenters. The van der Waals surface area contributed by atoms with Crippen molar-refractivity contribution in [3.63, 3.8) is 0 Å². The zero-order valence-electron chi connectivity index (χ0n) is 25.5. The lowest BCUT2D eigenvalue weighted by atomic mass is 9.78. The summed E-state index contributed by atoms with van der Waals surface area (Å²) < 4.78 is 0. The Hall–Kier alpha value is -2.45. The summed E-state index contributed by atoms with van der Waals surface area (Å²) in [5, 5.41) is 11.7. The van der Waals surface area contributed by atoms with E-state index >= 15 is 0 Å². The van der Waals surface area contributed by atoms with Gasteiger partial charge in [-0.05, 0) is 68.7 Å². The molecule has 0 saturated heterocycles. The van der Waals surface area contributed by atoms with Gasteiger partial charge in [-0.2, -0.15) is 0 Å². The molecule has 2 unspecified atom stereocenters. The lowest BCUT2D eigenvalue weighted by Crippen LogP contribution is -2.42. The van der Waals surface area contributed by atoms with Crippen molar-refractivity contribution in [1.29, 1.82) is 0 Å². The molecule has 2 N–H and O–H groups in total. The SMILES string of the molecule is CC1=CC2=C(C3C(C)=CSC13)[C@H](CCl)CN2C(=O)CNCC(=O)N1C[C@@H](CCl)c2c1cc(NC(C)(C)C)c1ccccc21. The highest BCUT2D eigenvalue weighted by atomic mass is 35.5. The second-order valence-corrected chi connectivity index (χ2v) is 14.9. The van der Waals surface area contributed by atoms with E-state index in [9.17, 15) is 9.59 Å². The molecular weight excluding hydrogens is 599 g/mol. The van der Waals surface area contributed by atoms with Gasteiger partial charge in [-0.15, -0.1) is 35.0 Å². The molecule has 6 rings (SSSR count). The Morgan fingerprint density at radius 3 is 2.28 bits per heavy atom. The van der Waals surface area contributed by atoms with Crippen molar-refractivity contribution in [3.8, 4) is 0 Å². The Morgan fingerprint density at radius 1 is 0.953 bits per heavy atom. The van der Waals surface area contributed by atoms with E-state index in [4.69, 9.17) is 23.2 Å². The summed E-state index contributed by atoms with van der Waals surface area (Å²) >= 11 is 14.8. The quantitative estimate of drug-likeness (QED) is 0.325. The number of nitrogens with zero attached hydrogens (tertiary/aromatic N) is 2. The highest BCUT2D eigenvalue weighted by Gasteiger charge is 2.45. The minimum absolute atomic E-state index is 0.0363. The molecule has 0 aromatic heterocycles. The van der Waals surface area contributed by atoms with Gasteiger partial charge in [0.1, 0.15) is 0 Å². The van der Waals surface area contributed by atoms with Crippen LogP contribution in [0.25, 0.3) is 10.8 Å². The van der Waals surface area contributed by atoms with Crippen LogP contribution in [0.2, 0.25) is 0 Å². The van der Waals surface area contributed by atoms with Crippen molar-refractivity contribution >= 4 is 68.9 Å². The molecule has 9 heteroatoms. The van der Waals surface area contributed by atoms with E-state index in [1.807, 2.05) is 33.7 Å². The predicted molar refractivity (Wildman–Crippen MR) is 181 cm³/mol. The van der Waals surface area contributed by atoms with Gasteiger partial charge in [0.05, 0.1) is 13.1 Å². The van der Waals surface area contributed by atoms with Crippen LogP contribution in [0.5, 0.6) is 0 Å². The van der Waals surface area contributed by atoms with Crippen LogP contribution in [0.1, 0.15) is 46.1 Å². The number of nitrogens with one attached hydrogen (secondary N) is 2. The summed E-state index contributed by atoms with van der Waals surface area (Å²) in [6.45, 7) is 12.0. The van der Waals surface area contributed by atoms with E-state index in [2.05, 4.69) is 74.9 Å². The van der Waals surface area contributed by atoms with Gasteiger partial charge >= 0.3 is 0 Å². The van der Waals surface area contributed by atoms with E-state index < -0.39 is 0 Å². The number of allylic oxidation sites excluding steroid dienone is 2. The van der Waals surface area contributed by atoms with Gasteiger partial charge in [-0.25, -0.2) is 0 Å². The smallest absolute Gasteiger partial charge is 0.240 e. The Morgan fingerprint density at radius 2 is 1.60 bits per heavy atom. The van der Waals surface area contributed by atoms with Crippen molar-refractivity contribution in [1.82, 2.24) is 10.2 Å². The number of hydrogen-bond donors (Lipinski definition) is 2. The van der Waals surface area contributed by atoms with Crippen molar-refractivity contribution in [2.45, 2.75) is 51.3 Å². The van der Waals surface area contributed by atoms with Gasteiger partial charge in [0.15, 0.2) is 0 Å². The topological polar surface area (TPSA) is 64.7 Å². The molecule has 1 aliphatic carbocycles. The van der Waals surface area contributed by atoms with Crippen molar-refractivity contribution in [2.24, 2.45) is 11.8 Å². The summed E-state index contributed by atoms with van der Waals surface area (Å²) in [7, 11) is 0. The number of fused-ring (bicyclic) bond motifs is 5. The molecule has 6 nitrogen and oxygen atoms in total. The van der Waals surface area contributed by atoms with Crippen LogP contribution in [0.4, 0.5) is 11.4 Å². The first kappa shape index (κ1) is 30.6. The first-order valence-corrected chi connectivity index (χ1v) is 17.0. The van der Waals surface area contributed by atoms with Crippen LogP contribution in [0, 0.1) is 11.8 Å². The van der Waals surface area contributed by atoms with Gasteiger partial charge in [0, 0.05) is 75.9 Å². The molecule has 0 radical (unpaired) electrons. The average Bonchev–Trinajstić information content (AvgIpc) is 3.65. The molecule has 0 saturated carbocycles. The molecule has 43 heavy (non-hydrogen) atoms. The molecule has 228 valence electrons. The molecule has 0 spiro atoms. The van der Waals surface area contributed by atoms with Crippen LogP contribution in [-0.2, 0) is 9.59 Å². The minimum Gasteiger partial charge on any atom is -0.380 e. The third-order valence-corrected chi connectivity index (χ3v) is 11.2. The van der Waals surface area contributed by atoms with Gasteiger partial charge < -0.3 is 15.1 Å². The van der Waals surface area contributed by atoms with Crippen LogP contribution < -0.4 is 15.5 Å². The van der Waals surface area contributed by atoms with Crippen LogP contribution in [-0.4, -0.2) is 65.4 Å². The first-order chi connectivity index (χ1) is 20.5. The number of anilines is 2. The number of thioether (sulfide) groups is 1. The maximum atomic E-state index is 13.7. The van der Waals surface area contributed by atoms with Gasteiger partial charge in [0.25, 0.3) is 0 Å². The van der Waals surface area contributed by atoms with Crippen molar-refractivity contribution < 1.29 is 9.59 Å². The van der Waals surface area contributed by atoms with Crippen LogP contribution in [0.3, 0.4) is 0 Å². The average molecular weight is 640 g/mol. The minimum atomic E-state index is -0.149. The Bertz CT molecular complexity index is 1580. The standard InChI is InChI=1S/C34H40Cl2N4O2S/c1-19-10-26-32(30-20(2)18-43-33(19)30)22(13-36)17-39(26)28(41)14-37-15-29(42)40-16-21(12-35)31-24-9-7-6-8-23(24)25(11-27(31)40)38-34(3,4)5/h6-11,18,21-22,30,33,37-38H,12-17H2,1-5H3/t21-,22-,30?,33?/m1/s1. The lowest BCUT2D eigenvalue weighted by Gasteiger charge is -2.31. The van der Waals surface area contributed by atoms with Gasteiger partial charge in [0.2, 0.25) is 11.8 Å². The third kappa shape index (κ3) is 5.52. The monoisotopic (exact) mass is 638 g/mol. The van der Waals surface area contributed by atoms with E-state index in [0.717, 1.165) is 33.4 Å². The fourth-order valence-electron chi connectivity index (χ4n) is 7.15. The van der Waals surface area contributed by atoms with E-state index in [1.54, 1.807) is 0 Å². The molecule has 2 aromatic rings. The number of hydrogen-bond acceptors (Lipinski definition) is 5. The highest BCUT2D eigenvalue weighted by molar-refractivity contribution is 8.03. The summed E-state index contributed by atoms with van der Waals surface area (Å²) in [4.78, 5) is 30.9. The Kier molecular flexibility index (Phi) is 8.40. The van der Waals surface area contributed by atoms with Crippen molar-refractivity contribution in [3.05, 3.63) is 69.8 Å². The molecule has 0 fully saturated rings. The molecule has 3 aliphatic heterocycles. The number of carbonyl (C=O) groups excluding carboxylic acids is 2. The van der Waals surface area contributed by atoms with Crippen LogP contribution in [0.15, 0.2) is 64.2 Å². The summed E-state index contributed by atoms with van der Waals surface area (Å²) in [5.74, 6) is 1.29. The van der Waals surface area contributed by atoms with E-state index in [-0.39, 0.29) is 42.3 Å². The van der Waals surface area contributed by atoms with E-state index in [0.29, 0.717) is 36.0 Å². The molecule has 2 amide bonds. The fraction of sp³-hybridized carbons (Fsp3) is 0.471. The lowest BCUT2D eigenvalue weighted by molar-refractivity contribution is -0.128. The van der Waals surface area contributed by atoms with Crippen LogP contribution >= 0.6 is 35.0 Å². The zero-order valence-corrected chi connectivity index (χ0v) is 27.8. The highest BCUT2D eigenvalue weighted by Crippen LogP contribution is 2.52. The number of halogens is 2. The molecule has 2 aromatic carbocycles. The Balaban J connectivity index is 1.19. The molecule has 4 aliphatic rings. The van der Waals surface area contributed by atoms with Crippen molar-refractivity contribution in [2.75, 3.05) is 48.2 Å². The maximum absolute atomic E-state index is 13.7. The summed E-state index contributed by atoms with van der Waals surface area (Å²) in [5.41, 5.74) is 7.78. The maximum Gasteiger partial charge on any atom is 0.240 e. The molecular formula is C34H40Cl2N4O2S. The number of rotatable bonds is 7. The van der Waals surface area contributed by atoms with Gasteiger partial charge in [-0.3, -0.25) is 14.9 Å². The summed E-state index contributed by atoms with van der Waals surface area (Å²) in [6.07, 6.45) is 2.17. The first-order valence-electron chi connectivity index (χ1n) is 15.0. The number of benzene rings is 2. The third-order valence-electron chi connectivity index (χ3n) is 8.97. The van der Waals surface area contributed by atoms with Gasteiger partial charge in [-0.1, -0.05) is 35.4 Å². The zero-order chi connectivity index (χ0) is 30.6. The second-order valence-electron chi connectivity index (χ2n) is 13.2. The normalized spacial score (nSPS) is 24.6. The summed E-state index contributed by atoms with van der Waals surface area (Å²) in [6, 6.07) is 10.4. The Labute approximate surface area is 268 Å².